The lowest BCUT2D eigenvalue weighted by Gasteiger charge is -2.14. The third kappa shape index (κ3) is 2.70. The van der Waals surface area contributed by atoms with Crippen LogP contribution in [0.4, 0.5) is 0 Å². The van der Waals surface area contributed by atoms with Crippen LogP contribution in [0.3, 0.4) is 0 Å². The summed E-state index contributed by atoms with van der Waals surface area (Å²) in [6.07, 6.45) is 1.35. The molecule has 3 rings (SSSR count). The molecule has 0 spiro atoms. The van der Waals surface area contributed by atoms with Gasteiger partial charge in [0.1, 0.15) is 5.54 Å². The number of hydrogen-bond acceptors (Lipinski definition) is 5. The van der Waals surface area contributed by atoms with E-state index in [4.69, 9.17) is 15.0 Å². The van der Waals surface area contributed by atoms with Gasteiger partial charge in [0, 0.05) is 17.5 Å². The lowest BCUT2D eigenvalue weighted by atomic mass is 10.0. The number of hydrogen-bond donors (Lipinski definition) is 1. The average Bonchev–Trinajstić information content (AvgIpc) is 3.02. The van der Waals surface area contributed by atoms with Crippen molar-refractivity contribution in [1.29, 1.82) is 0 Å². The SMILES string of the molecule is NC1(c2nc(Cc3ccc(Br)cc3)no2)CCOC1. The zero-order valence-electron chi connectivity index (χ0n) is 10.3. The van der Waals surface area contributed by atoms with E-state index in [9.17, 15) is 0 Å². The standard InChI is InChI=1S/C13H14BrN3O2/c14-10-3-1-9(2-4-10)7-11-16-12(19-17-11)13(15)5-6-18-8-13/h1-4H,5-8,15H2. The molecule has 2 heterocycles. The first-order valence-electron chi connectivity index (χ1n) is 6.10. The maximum Gasteiger partial charge on any atom is 0.249 e. The predicted octanol–water partition coefficient (Wildman–Crippen LogP) is 2.00. The number of halogens is 1. The molecule has 1 atom stereocenters. The monoisotopic (exact) mass is 323 g/mol. The van der Waals surface area contributed by atoms with E-state index >= 15 is 0 Å². The highest BCUT2D eigenvalue weighted by atomic mass is 79.9. The lowest BCUT2D eigenvalue weighted by molar-refractivity contribution is 0.166. The highest BCUT2D eigenvalue weighted by molar-refractivity contribution is 9.10. The molecule has 1 fully saturated rings. The second-order valence-electron chi connectivity index (χ2n) is 4.78. The summed E-state index contributed by atoms with van der Waals surface area (Å²) in [5.74, 6) is 1.12. The van der Waals surface area contributed by atoms with Gasteiger partial charge in [-0.3, -0.25) is 0 Å². The largest absolute Gasteiger partial charge is 0.379 e. The summed E-state index contributed by atoms with van der Waals surface area (Å²) >= 11 is 3.41. The second-order valence-corrected chi connectivity index (χ2v) is 5.69. The van der Waals surface area contributed by atoms with Crippen LogP contribution in [-0.2, 0) is 16.7 Å². The molecular formula is C13H14BrN3O2. The first kappa shape index (κ1) is 12.8. The van der Waals surface area contributed by atoms with E-state index in [-0.39, 0.29) is 0 Å². The molecule has 1 aromatic carbocycles. The van der Waals surface area contributed by atoms with Crippen molar-refractivity contribution in [2.45, 2.75) is 18.4 Å². The van der Waals surface area contributed by atoms with Gasteiger partial charge < -0.3 is 15.0 Å². The van der Waals surface area contributed by atoms with E-state index in [0.29, 0.717) is 37.8 Å². The molecular weight excluding hydrogens is 310 g/mol. The van der Waals surface area contributed by atoms with Gasteiger partial charge in [-0.2, -0.15) is 4.98 Å². The van der Waals surface area contributed by atoms with Crippen LogP contribution in [0.5, 0.6) is 0 Å². The fourth-order valence-corrected chi connectivity index (χ4v) is 2.33. The number of ether oxygens (including phenoxy) is 1. The van der Waals surface area contributed by atoms with E-state index in [1.165, 1.54) is 0 Å². The van der Waals surface area contributed by atoms with Crippen molar-refractivity contribution in [3.05, 3.63) is 46.0 Å². The van der Waals surface area contributed by atoms with Crippen LogP contribution in [0.2, 0.25) is 0 Å². The maximum atomic E-state index is 6.18. The highest BCUT2D eigenvalue weighted by Gasteiger charge is 2.38. The van der Waals surface area contributed by atoms with Crippen LogP contribution in [0.15, 0.2) is 33.3 Å². The fraction of sp³-hybridized carbons (Fsp3) is 0.385. The quantitative estimate of drug-likeness (QED) is 0.935. The zero-order valence-corrected chi connectivity index (χ0v) is 11.9. The fourth-order valence-electron chi connectivity index (χ4n) is 2.06. The van der Waals surface area contributed by atoms with Crippen molar-refractivity contribution < 1.29 is 9.26 Å². The number of nitrogens with two attached hydrogens (primary N) is 1. The van der Waals surface area contributed by atoms with E-state index in [1.54, 1.807) is 0 Å². The summed E-state index contributed by atoms with van der Waals surface area (Å²) in [6.45, 7) is 1.08. The smallest absolute Gasteiger partial charge is 0.249 e. The van der Waals surface area contributed by atoms with Gasteiger partial charge in [0.15, 0.2) is 5.82 Å². The van der Waals surface area contributed by atoms with Crippen LogP contribution in [0.25, 0.3) is 0 Å². The van der Waals surface area contributed by atoms with Crippen molar-refractivity contribution in [2.24, 2.45) is 5.73 Å². The van der Waals surface area contributed by atoms with Gasteiger partial charge >= 0.3 is 0 Å². The van der Waals surface area contributed by atoms with Gasteiger partial charge in [-0.1, -0.05) is 33.2 Å². The molecule has 2 N–H and O–H groups in total. The van der Waals surface area contributed by atoms with Crippen LogP contribution < -0.4 is 5.73 Å². The van der Waals surface area contributed by atoms with Crippen LogP contribution in [-0.4, -0.2) is 23.4 Å². The van der Waals surface area contributed by atoms with Crippen molar-refractivity contribution in [3.63, 3.8) is 0 Å². The highest BCUT2D eigenvalue weighted by Crippen LogP contribution is 2.26. The minimum atomic E-state index is -0.620. The molecule has 19 heavy (non-hydrogen) atoms. The summed E-state index contributed by atoms with van der Waals surface area (Å²) in [4.78, 5) is 4.39. The molecule has 1 aromatic heterocycles. The molecule has 100 valence electrons. The Bertz CT molecular complexity index is 562. The average molecular weight is 324 g/mol. The molecule has 6 heteroatoms. The van der Waals surface area contributed by atoms with Gasteiger partial charge in [-0.15, -0.1) is 0 Å². The molecule has 1 aliphatic rings. The predicted molar refractivity (Wildman–Crippen MR) is 72.5 cm³/mol. The molecule has 2 aromatic rings. The van der Waals surface area contributed by atoms with Crippen molar-refractivity contribution in [2.75, 3.05) is 13.2 Å². The number of benzene rings is 1. The van der Waals surface area contributed by atoms with Crippen molar-refractivity contribution in [1.82, 2.24) is 10.1 Å². The third-order valence-corrected chi connectivity index (χ3v) is 3.75. The summed E-state index contributed by atoms with van der Waals surface area (Å²) < 4.78 is 11.6. The van der Waals surface area contributed by atoms with Gasteiger partial charge in [-0.05, 0) is 24.1 Å². The zero-order chi connectivity index (χ0) is 13.3. The Balaban J connectivity index is 1.76. The summed E-state index contributed by atoms with van der Waals surface area (Å²) in [7, 11) is 0. The molecule has 1 saturated heterocycles. The number of rotatable bonds is 3. The molecule has 0 saturated carbocycles. The first-order valence-corrected chi connectivity index (χ1v) is 6.89. The summed E-state index contributed by atoms with van der Waals surface area (Å²) in [5.41, 5.74) is 6.69. The molecule has 0 radical (unpaired) electrons. The molecule has 5 nitrogen and oxygen atoms in total. The Morgan fingerprint density at radius 3 is 2.79 bits per heavy atom. The van der Waals surface area contributed by atoms with Gasteiger partial charge in [0.2, 0.25) is 5.89 Å². The molecule has 0 bridgehead atoms. The second kappa shape index (κ2) is 5.03. The minimum Gasteiger partial charge on any atom is -0.379 e. The normalized spacial score (nSPS) is 22.8. The number of aromatic nitrogens is 2. The first-order chi connectivity index (χ1) is 9.16. The van der Waals surface area contributed by atoms with Gasteiger partial charge in [-0.25, -0.2) is 0 Å². The lowest BCUT2D eigenvalue weighted by Crippen LogP contribution is -2.37. The van der Waals surface area contributed by atoms with Gasteiger partial charge in [0.05, 0.1) is 6.61 Å². The Hall–Kier alpha value is -1.24. The summed E-state index contributed by atoms with van der Waals surface area (Å²) in [5, 5.41) is 3.99. The Morgan fingerprint density at radius 2 is 2.11 bits per heavy atom. The summed E-state index contributed by atoms with van der Waals surface area (Å²) in [6, 6.07) is 8.03. The van der Waals surface area contributed by atoms with Crippen LogP contribution in [0, 0.1) is 0 Å². The van der Waals surface area contributed by atoms with E-state index in [1.807, 2.05) is 24.3 Å². The van der Waals surface area contributed by atoms with Crippen molar-refractivity contribution >= 4 is 15.9 Å². The molecule has 0 aliphatic carbocycles. The number of nitrogens with zero attached hydrogens (tertiary/aromatic N) is 2. The minimum absolute atomic E-state index is 0.437. The van der Waals surface area contributed by atoms with Crippen LogP contribution >= 0.6 is 15.9 Å². The van der Waals surface area contributed by atoms with E-state index in [2.05, 4.69) is 26.1 Å². The van der Waals surface area contributed by atoms with Gasteiger partial charge in [0.25, 0.3) is 0 Å². The third-order valence-electron chi connectivity index (χ3n) is 3.22. The van der Waals surface area contributed by atoms with Crippen molar-refractivity contribution in [3.8, 4) is 0 Å². The maximum absolute atomic E-state index is 6.18. The molecule has 1 aliphatic heterocycles. The Labute approximate surface area is 119 Å². The Kier molecular flexibility index (Phi) is 3.38. The molecule has 1 unspecified atom stereocenters. The Morgan fingerprint density at radius 1 is 1.32 bits per heavy atom. The van der Waals surface area contributed by atoms with E-state index in [0.717, 1.165) is 10.0 Å². The van der Waals surface area contributed by atoms with Crippen LogP contribution in [0.1, 0.15) is 23.7 Å². The van der Waals surface area contributed by atoms with E-state index < -0.39 is 5.54 Å². The topological polar surface area (TPSA) is 74.2 Å². The molecule has 0 amide bonds.